The Kier molecular flexibility index (Phi) is 7.55. The topological polar surface area (TPSA) is 120 Å². The van der Waals surface area contributed by atoms with Crippen LogP contribution in [-0.4, -0.2) is 29.7 Å². The maximum Gasteiger partial charge on any atom is 0.330 e. The van der Waals surface area contributed by atoms with Gasteiger partial charge in [-0.2, -0.15) is 0 Å². The fraction of sp³-hybridized carbons (Fsp3) is 0.292. The van der Waals surface area contributed by atoms with Gasteiger partial charge in [-0.1, -0.05) is 43.7 Å². The largest absolute Gasteiger partial charge is 0.497 e. The second-order valence-corrected chi connectivity index (χ2v) is 7.48. The fourth-order valence-corrected chi connectivity index (χ4v) is 3.48. The van der Waals surface area contributed by atoms with E-state index >= 15 is 0 Å². The van der Waals surface area contributed by atoms with E-state index in [1.165, 1.54) is 23.7 Å². The summed E-state index contributed by atoms with van der Waals surface area (Å²) in [5.41, 5.74) is 5.91. The number of carbonyl (C=O) groups is 1. The quantitative estimate of drug-likeness (QED) is 0.515. The average molecular weight is 453 g/mol. The standard InChI is InChI=1S/C24H28N4O5/c1-4-5-11-27-21(25)20(22(29)26-24(27)31)28(15-16-9-7-6-8-10-16)23(30)17-12-18(32-2)14-19(13-17)33-3/h6-10,12-14H,4-5,11,15,25H2,1-3H3,(H,26,29,31). The van der Waals surface area contributed by atoms with Crippen molar-refractivity contribution in [3.05, 3.63) is 80.5 Å². The number of aromatic nitrogens is 2. The molecule has 9 heteroatoms. The van der Waals surface area contributed by atoms with Crippen LogP contribution in [0.4, 0.5) is 11.5 Å². The third-order valence-electron chi connectivity index (χ3n) is 5.25. The van der Waals surface area contributed by atoms with Gasteiger partial charge in [0.2, 0.25) is 0 Å². The highest BCUT2D eigenvalue weighted by molar-refractivity contribution is 6.07. The number of unbranched alkanes of at least 4 members (excludes halogenated alkanes) is 1. The van der Waals surface area contributed by atoms with Crippen molar-refractivity contribution in [2.24, 2.45) is 0 Å². The van der Waals surface area contributed by atoms with Crippen LogP contribution in [0.25, 0.3) is 0 Å². The lowest BCUT2D eigenvalue weighted by Crippen LogP contribution is -2.41. The molecule has 3 N–H and O–H groups in total. The van der Waals surface area contributed by atoms with E-state index in [1.807, 2.05) is 37.3 Å². The normalized spacial score (nSPS) is 10.6. The highest BCUT2D eigenvalue weighted by atomic mass is 16.5. The van der Waals surface area contributed by atoms with Gasteiger partial charge in [0, 0.05) is 18.2 Å². The summed E-state index contributed by atoms with van der Waals surface area (Å²) in [6.07, 6.45) is 1.52. The Morgan fingerprint density at radius 3 is 2.27 bits per heavy atom. The number of aromatic amines is 1. The van der Waals surface area contributed by atoms with Gasteiger partial charge in [-0.25, -0.2) is 4.79 Å². The van der Waals surface area contributed by atoms with Crippen molar-refractivity contribution in [2.75, 3.05) is 24.9 Å². The number of benzene rings is 2. The molecule has 0 bridgehead atoms. The van der Waals surface area contributed by atoms with Crippen LogP contribution in [0.15, 0.2) is 58.1 Å². The lowest BCUT2D eigenvalue weighted by molar-refractivity contribution is 0.0984. The minimum Gasteiger partial charge on any atom is -0.497 e. The summed E-state index contributed by atoms with van der Waals surface area (Å²) in [7, 11) is 2.97. The Bertz CT molecular complexity index is 1210. The molecule has 174 valence electrons. The van der Waals surface area contributed by atoms with Gasteiger partial charge in [-0.3, -0.25) is 24.0 Å². The van der Waals surface area contributed by atoms with Crippen LogP contribution in [0.1, 0.15) is 35.7 Å². The van der Waals surface area contributed by atoms with E-state index in [0.717, 1.165) is 12.0 Å². The average Bonchev–Trinajstić information content (AvgIpc) is 2.82. The van der Waals surface area contributed by atoms with Gasteiger partial charge in [0.1, 0.15) is 17.3 Å². The number of anilines is 2. The van der Waals surface area contributed by atoms with Gasteiger partial charge in [-0.05, 0) is 24.1 Å². The molecule has 0 saturated carbocycles. The van der Waals surface area contributed by atoms with E-state index in [9.17, 15) is 14.4 Å². The third kappa shape index (κ3) is 5.25. The zero-order valence-electron chi connectivity index (χ0n) is 19.0. The molecule has 1 heterocycles. The highest BCUT2D eigenvalue weighted by Gasteiger charge is 2.26. The highest BCUT2D eigenvalue weighted by Crippen LogP contribution is 2.27. The molecule has 9 nitrogen and oxygen atoms in total. The Labute approximate surface area is 191 Å². The van der Waals surface area contributed by atoms with Gasteiger partial charge in [0.05, 0.1) is 20.8 Å². The number of nitrogens with zero attached hydrogens (tertiary/aromatic N) is 2. The number of hydrogen-bond donors (Lipinski definition) is 2. The van der Waals surface area contributed by atoms with E-state index in [4.69, 9.17) is 15.2 Å². The first kappa shape index (κ1) is 23.6. The van der Waals surface area contributed by atoms with Crippen LogP contribution in [0.2, 0.25) is 0 Å². The fourth-order valence-electron chi connectivity index (χ4n) is 3.48. The van der Waals surface area contributed by atoms with Crippen LogP contribution in [-0.2, 0) is 13.1 Å². The number of carbonyl (C=O) groups excluding carboxylic acids is 1. The van der Waals surface area contributed by atoms with Crippen LogP contribution in [0.5, 0.6) is 11.5 Å². The lowest BCUT2D eigenvalue weighted by Gasteiger charge is -2.25. The first-order valence-corrected chi connectivity index (χ1v) is 10.6. The molecule has 0 unspecified atom stereocenters. The van der Waals surface area contributed by atoms with Gasteiger partial charge in [0.25, 0.3) is 11.5 Å². The summed E-state index contributed by atoms with van der Waals surface area (Å²) in [5, 5.41) is 0. The maximum atomic E-state index is 13.7. The number of ether oxygens (including phenoxy) is 2. The van der Waals surface area contributed by atoms with Gasteiger partial charge in [0.15, 0.2) is 5.69 Å². The molecule has 3 aromatic rings. The van der Waals surface area contributed by atoms with Crippen LogP contribution >= 0.6 is 0 Å². The molecule has 0 spiro atoms. The van der Waals surface area contributed by atoms with Crippen molar-refractivity contribution < 1.29 is 14.3 Å². The van der Waals surface area contributed by atoms with Crippen LogP contribution < -0.4 is 31.4 Å². The first-order valence-electron chi connectivity index (χ1n) is 10.6. The molecule has 0 radical (unpaired) electrons. The van der Waals surface area contributed by atoms with Gasteiger partial charge >= 0.3 is 5.69 Å². The van der Waals surface area contributed by atoms with Crippen molar-refractivity contribution >= 4 is 17.4 Å². The van der Waals surface area contributed by atoms with E-state index in [2.05, 4.69) is 4.98 Å². The zero-order chi connectivity index (χ0) is 24.0. The van der Waals surface area contributed by atoms with Crippen LogP contribution in [0, 0.1) is 0 Å². The maximum absolute atomic E-state index is 13.7. The van der Waals surface area contributed by atoms with Gasteiger partial charge in [-0.15, -0.1) is 0 Å². The summed E-state index contributed by atoms with van der Waals surface area (Å²) in [4.78, 5) is 42.6. The third-order valence-corrected chi connectivity index (χ3v) is 5.25. The number of nitrogen functional groups attached to an aromatic ring is 1. The van der Waals surface area contributed by atoms with Crippen molar-refractivity contribution in [2.45, 2.75) is 32.9 Å². The number of H-pyrrole nitrogens is 1. The van der Waals surface area contributed by atoms with Gasteiger partial charge < -0.3 is 15.2 Å². The molecular formula is C24H28N4O5. The number of nitrogens with two attached hydrogens (primary N) is 1. The number of nitrogens with one attached hydrogen (secondary N) is 1. The molecule has 2 aromatic carbocycles. The summed E-state index contributed by atoms with van der Waals surface area (Å²) in [5.74, 6) is 0.296. The predicted octanol–water partition coefficient (Wildman–Crippen LogP) is 2.78. The number of rotatable bonds is 9. The molecule has 0 atom stereocenters. The molecule has 0 saturated heterocycles. The molecule has 33 heavy (non-hydrogen) atoms. The molecule has 0 aliphatic heterocycles. The van der Waals surface area contributed by atoms with Crippen molar-refractivity contribution in [1.82, 2.24) is 9.55 Å². The molecule has 1 amide bonds. The Morgan fingerprint density at radius 1 is 1.06 bits per heavy atom. The summed E-state index contributed by atoms with van der Waals surface area (Å²) in [6, 6.07) is 14.0. The second-order valence-electron chi connectivity index (χ2n) is 7.48. The lowest BCUT2D eigenvalue weighted by atomic mass is 10.1. The zero-order valence-corrected chi connectivity index (χ0v) is 19.0. The summed E-state index contributed by atoms with van der Waals surface area (Å²) < 4.78 is 11.9. The molecule has 0 fully saturated rings. The van der Waals surface area contributed by atoms with Crippen molar-refractivity contribution in [3.8, 4) is 11.5 Å². The van der Waals surface area contributed by atoms with Crippen molar-refractivity contribution in [3.63, 3.8) is 0 Å². The minimum absolute atomic E-state index is 0.0589. The molecule has 0 aliphatic rings. The molecule has 1 aromatic heterocycles. The molecule has 3 rings (SSSR count). The van der Waals surface area contributed by atoms with Crippen LogP contribution in [0.3, 0.4) is 0 Å². The minimum atomic E-state index is -0.732. The van der Waals surface area contributed by atoms with Crippen molar-refractivity contribution in [1.29, 1.82) is 0 Å². The monoisotopic (exact) mass is 452 g/mol. The predicted molar refractivity (Wildman–Crippen MR) is 127 cm³/mol. The second kappa shape index (κ2) is 10.5. The summed E-state index contributed by atoms with van der Waals surface area (Å²) in [6.45, 7) is 2.37. The summed E-state index contributed by atoms with van der Waals surface area (Å²) >= 11 is 0. The van der Waals surface area contributed by atoms with E-state index < -0.39 is 17.2 Å². The number of hydrogen-bond acceptors (Lipinski definition) is 6. The number of methoxy groups -OCH3 is 2. The Morgan fingerprint density at radius 2 is 1.70 bits per heavy atom. The molecule has 0 aliphatic carbocycles. The Balaban J connectivity index is 2.19. The number of amides is 1. The SMILES string of the molecule is CCCCn1c(N)c(N(Cc2ccccc2)C(=O)c2cc(OC)cc(OC)c2)c(=O)[nH]c1=O. The van der Waals surface area contributed by atoms with E-state index in [1.54, 1.807) is 18.2 Å². The van der Waals surface area contributed by atoms with E-state index in [-0.39, 0.29) is 23.6 Å². The van der Waals surface area contributed by atoms with E-state index in [0.29, 0.717) is 24.5 Å². The smallest absolute Gasteiger partial charge is 0.330 e. The molecular weight excluding hydrogens is 424 g/mol. The first-order chi connectivity index (χ1) is 15.9. The Hall–Kier alpha value is -4.01.